The minimum absolute atomic E-state index is 0.468. The summed E-state index contributed by atoms with van der Waals surface area (Å²) in [4.78, 5) is 0. The highest BCUT2D eigenvalue weighted by Crippen LogP contribution is 1.85. The molecular formula is C5H11NO3S. The fraction of sp³-hybridized carbons (Fsp3) is 0.600. The molecule has 10 heavy (non-hydrogen) atoms. The van der Waals surface area contributed by atoms with E-state index in [-0.39, 0.29) is 0 Å². The average molecular weight is 165 g/mol. The lowest BCUT2D eigenvalue weighted by atomic mass is 10.9. The molecule has 0 saturated carbocycles. The Morgan fingerprint density at radius 3 is 2.60 bits per heavy atom. The van der Waals surface area contributed by atoms with Crippen molar-refractivity contribution in [2.24, 2.45) is 0 Å². The predicted molar refractivity (Wildman–Crippen MR) is 38.7 cm³/mol. The number of rotatable bonds is 4. The molecule has 0 bridgehead atoms. The Kier molecular flexibility index (Phi) is 4.06. The van der Waals surface area contributed by atoms with Crippen LogP contribution in [0.5, 0.6) is 0 Å². The lowest BCUT2D eigenvalue weighted by Crippen LogP contribution is -2.14. The number of hydrogen-bond acceptors (Lipinski definition) is 3. The zero-order chi connectivity index (χ0) is 8.04. The summed E-state index contributed by atoms with van der Waals surface area (Å²) in [6.45, 7) is 2.24. The average Bonchev–Trinajstić information content (AvgIpc) is 1.89. The third kappa shape index (κ3) is 4.34. The summed E-state index contributed by atoms with van der Waals surface area (Å²) in [5.74, 6) is 0. The van der Waals surface area contributed by atoms with Crippen LogP contribution in [0.25, 0.3) is 0 Å². The molecule has 0 fully saturated rings. The first-order valence-corrected chi connectivity index (χ1v) is 4.38. The van der Waals surface area contributed by atoms with E-state index in [4.69, 9.17) is 0 Å². The second-order valence-corrected chi connectivity index (χ2v) is 3.25. The topological polar surface area (TPSA) is 55.4 Å². The summed E-state index contributed by atoms with van der Waals surface area (Å²) < 4.78 is 28.0. The molecule has 0 spiro atoms. The van der Waals surface area contributed by atoms with Gasteiger partial charge in [-0.15, -0.1) is 0 Å². The van der Waals surface area contributed by atoms with Gasteiger partial charge in [0.1, 0.15) is 0 Å². The van der Waals surface area contributed by atoms with Crippen LogP contribution in [0.2, 0.25) is 0 Å². The molecule has 0 aromatic rings. The molecule has 0 amide bonds. The second kappa shape index (κ2) is 4.29. The Balaban J connectivity index is 3.89. The van der Waals surface area contributed by atoms with Gasteiger partial charge in [-0.05, 0) is 14.0 Å². The minimum atomic E-state index is -3.25. The Morgan fingerprint density at radius 2 is 2.20 bits per heavy atom. The Morgan fingerprint density at radius 1 is 1.60 bits per heavy atom. The van der Waals surface area contributed by atoms with E-state index in [2.05, 4.69) is 9.46 Å². The van der Waals surface area contributed by atoms with Crippen LogP contribution in [0.15, 0.2) is 11.7 Å². The van der Waals surface area contributed by atoms with Gasteiger partial charge in [-0.3, -0.25) is 0 Å². The van der Waals surface area contributed by atoms with Crippen molar-refractivity contribution >= 4 is 10.0 Å². The molecule has 0 atom stereocenters. The van der Waals surface area contributed by atoms with Gasteiger partial charge >= 0.3 is 0 Å². The lowest BCUT2D eigenvalue weighted by Gasteiger charge is -1.93. The first kappa shape index (κ1) is 9.45. The first-order valence-electron chi connectivity index (χ1n) is 2.84. The van der Waals surface area contributed by atoms with Crippen LogP contribution in [-0.2, 0) is 14.8 Å². The summed E-state index contributed by atoms with van der Waals surface area (Å²) in [6.07, 6.45) is 1.14. The van der Waals surface area contributed by atoms with Crippen LogP contribution in [-0.4, -0.2) is 22.1 Å². The molecule has 1 N–H and O–H groups in total. The van der Waals surface area contributed by atoms with E-state index < -0.39 is 10.0 Å². The molecule has 0 aromatic carbocycles. The molecule has 0 heterocycles. The largest absolute Gasteiger partial charge is 0.501 e. The first-order chi connectivity index (χ1) is 4.62. The standard InChI is InChI=1S/C5H11NO3S/c1-3-9-4-5-10(7,8)6-2/h4-6H,3H2,1-2H3. The molecule has 0 rings (SSSR count). The number of ether oxygens (including phenoxy) is 1. The van der Waals surface area contributed by atoms with E-state index in [1.807, 2.05) is 0 Å². The molecule has 0 saturated heterocycles. The maximum Gasteiger partial charge on any atom is 0.236 e. The molecule has 0 aliphatic heterocycles. The van der Waals surface area contributed by atoms with Gasteiger partial charge < -0.3 is 4.74 Å². The predicted octanol–water partition coefficient (Wildman–Crippen LogP) is 0.0433. The fourth-order valence-corrected chi connectivity index (χ4v) is 0.638. The molecule has 0 aliphatic rings. The molecule has 0 radical (unpaired) electrons. The Bertz CT molecular complexity index is 195. The Labute approximate surface area is 60.9 Å². The van der Waals surface area contributed by atoms with E-state index in [1.54, 1.807) is 6.92 Å². The van der Waals surface area contributed by atoms with Crippen LogP contribution in [0.3, 0.4) is 0 Å². The van der Waals surface area contributed by atoms with Crippen molar-refractivity contribution in [2.45, 2.75) is 6.92 Å². The summed E-state index contributed by atoms with van der Waals surface area (Å²) in [7, 11) is -1.91. The number of hydrogen-bond donors (Lipinski definition) is 1. The van der Waals surface area contributed by atoms with E-state index in [1.165, 1.54) is 7.05 Å². The third-order valence-corrected chi connectivity index (χ3v) is 1.82. The van der Waals surface area contributed by atoms with Gasteiger partial charge in [0.2, 0.25) is 10.0 Å². The highest BCUT2D eigenvalue weighted by molar-refractivity contribution is 7.92. The summed E-state index contributed by atoms with van der Waals surface area (Å²) >= 11 is 0. The van der Waals surface area contributed by atoms with Gasteiger partial charge in [0.05, 0.1) is 18.3 Å². The smallest absolute Gasteiger partial charge is 0.236 e. The third-order valence-electron chi connectivity index (χ3n) is 0.782. The van der Waals surface area contributed by atoms with Crippen LogP contribution >= 0.6 is 0 Å². The van der Waals surface area contributed by atoms with Gasteiger partial charge in [-0.25, -0.2) is 13.1 Å². The monoisotopic (exact) mass is 165 g/mol. The molecule has 60 valence electrons. The van der Waals surface area contributed by atoms with Crippen molar-refractivity contribution in [3.63, 3.8) is 0 Å². The zero-order valence-corrected chi connectivity index (χ0v) is 6.81. The fourth-order valence-electron chi connectivity index (χ4n) is 0.277. The van der Waals surface area contributed by atoms with Crippen molar-refractivity contribution in [3.05, 3.63) is 11.7 Å². The van der Waals surface area contributed by atoms with Crippen molar-refractivity contribution in [1.29, 1.82) is 0 Å². The summed E-state index contributed by atoms with van der Waals surface area (Å²) in [6, 6.07) is 0. The van der Waals surface area contributed by atoms with Gasteiger partial charge in [-0.2, -0.15) is 0 Å². The molecule has 0 aromatic heterocycles. The van der Waals surface area contributed by atoms with Gasteiger partial charge in [-0.1, -0.05) is 0 Å². The maximum atomic E-state index is 10.6. The van der Waals surface area contributed by atoms with Crippen molar-refractivity contribution in [3.8, 4) is 0 Å². The molecule has 0 unspecified atom stereocenters. The van der Waals surface area contributed by atoms with E-state index >= 15 is 0 Å². The second-order valence-electron chi connectivity index (χ2n) is 1.48. The summed E-state index contributed by atoms with van der Waals surface area (Å²) in [5.41, 5.74) is 0. The highest BCUT2D eigenvalue weighted by atomic mass is 32.2. The van der Waals surface area contributed by atoms with Crippen molar-refractivity contribution < 1.29 is 13.2 Å². The van der Waals surface area contributed by atoms with E-state index in [0.29, 0.717) is 6.61 Å². The van der Waals surface area contributed by atoms with Crippen LogP contribution in [0, 0.1) is 0 Å². The van der Waals surface area contributed by atoms with Crippen LogP contribution in [0.4, 0.5) is 0 Å². The van der Waals surface area contributed by atoms with Gasteiger partial charge in [0.25, 0.3) is 0 Å². The van der Waals surface area contributed by atoms with Gasteiger partial charge in [0, 0.05) is 0 Å². The molecule has 5 heteroatoms. The zero-order valence-electron chi connectivity index (χ0n) is 5.99. The quantitative estimate of drug-likeness (QED) is 0.598. The van der Waals surface area contributed by atoms with Crippen LogP contribution < -0.4 is 4.72 Å². The maximum absolute atomic E-state index is 10.6. The van der Waals surface area contributed by atoms with Crippen LogP contribution in [0.1, 0.15) is 6.92 Å². The minimum Gasteiger partial charge on any atom is -0.501 e. The Hall–Kier alpha value is -0.550. The molecule has 0 aliphatic carbocycles. The van der Waals surface area contributed by atoms with Crippen molar-refractivity contribution in [2.75, 3.05) is 13.7 Å². The normalized spacial score (nSPS) is 12.2. The number of sulfonamides is 1. The van der Waals surface area contributed by atoms with E-state index in [0.717, 1.165) is 11.7 Å². The van der Waals surface area contributed by atoms with Gasteiger partial charge in [0.15, 0.2) is 0 Å². The van der Waals surface area contributed by atoms with E-state index in [9.17, 15) is 8.42 Å². The molecule has 4 nitrogen and oxygen atoms in total. The number of nitrogens with one attached hydrogen (secondary N) is 1. The summed E-state index contributed by atoms with van der Waals surface area (Å²) in [5, 5.41) is 0.969. The SMILES string of the molecule is CCOC=CS(=O)(=O)NC. The lowest BCUT2D eigenvalue weighted by molar-refractivity contribution is 0.270. The highest BCUT2D eigenvalue weighted by Gasteiger charge is 1.97. The molecular weight excluding hydrogens is 154 g/mol. The van der Waals surface area contributed by atoms with Crippen molar-refractivity contribution in [1.82, 2.24) is 4.72 Å².